The van der Waals surface area contributed by atoms with Gasteiger partial charge in [0.25, 0.3) is 5.91 Å². The highest BCUT2D eigenvalue weighted by Gasteiger charge is 2.25. The van der Waals surface area contributed by atoms with Gasteiger partial charge in [-0.2, -0.15) is 0 Å². The van der Waals surface area contributed by atoms with Crippen molar-refractivity contribution in [2.24, 2.45) is 0 Å². The Kier molecular flexibility index (Phi) is 6.48. The summed E-state index contributed by atoms with van der Waals surface area (Å²) < 4.78 is 26.8. The minimum absolute atomic E-state index is 0.000759. The van der Waals surface area contributed by atoms with Gasteiger partial charge in [0, 0.05) is 44.0 Å². The van der Waals surface area contributed by atoms with Crippen molar-refractivity contribution in [1.29, 1.82) is 0 Å². The highest BCUT2D eigenvalue weighted by molar-refractivity contribution is 7.89. The molecular formula is C19H23N3O4S2. The summed E-state index contributed by atoms with van der Waals surface area (Å²) in [5, 5.41) is 0. The lowest BCUT2D eigenvalue weighted by molar-refractivity contribution is -0.132. The maximum atomic E-state index is 12.5. The molecule has 150 valence electrons. The lowest BCUT2D eigenvalue weighted by Crippen LogP contribution is -2.50. The smallest absolute Gasteiger partial charge is 0.264 e. The Labute approximate surface area is 169 Å². The second-order valence-electron chi connectivity index (χ2n) is 6.54. The van der Waals surface area contributed by atoms with Crippen LogP contribution < -0.4 is 4.72 Å². The molecule has 1 aromatic carbocycles. The number of rotatable bonds is 6. The molecule has 2 heterocycles. The quantitative estimate of drug-likeness (QED) is 0.769. The molecule has 7 nitrogen and oxygen atoms in total. The molecule has 0 aliphatic carbocycles. The lowest BCUT2D eigenvalue weighted by Gasteiger charge is -2.34. The van der Waals surface area contributed by atoms with Crippen molar-refractivity contribution >= 4 is 33.2 Å². The van der Waals surface area contributed by atoms with E-state index in [2.05, 4.69) is 4.72 Å². The van der Waals surface area contributed by atoms with E-state index in [1.165, 1.54) is 23.5 Å². The molecule has 2 aromatic rings. The Morgan fingerprint density at radius 3 is 2.25 bits per heavy atom. The van der Waals surface area contributed by atoms with E-state index in [9.17, 15) is 18.0 Å². The van der Waals surface area contributed by atoms with E-state index in [4.69, 9.17) is 0 Å². The van der Waals surface area contributed by atoms with Crippen molar-refractivity contribution in [3.63, 3.8) is 0 Å². The fourth-order valence-electron chi connectivity index (χ4n) is 3.00. The Morgan fingerprint density at radius 2 is 1.64 bits per heavy atom. The van der Waals surface area contributed by atoms with Gasteiger partial charge in [0.1, 0.15) is 0 Å². The maximum Gasteiger partial charge on any atom is 0.264 e. The van der Waals surface area contributed by atoms with Gasteiger partial charge in [0.05, 0.1) is 9.77 Å². The zero-order valence-corrected chi connectivity index (χ0v) is 17.3. The minimum atomic E-state index is -3.61. The van der Waals surface area contributed by atoms with E-state index in [1.807, 2.05) is 19.1 Å². The molecule has 9 heteroatoms. The molecular weight excluding hydrogens is 398 g/mol. The highest BCUT2D eigenvalue weighted by Crippen LogP contribution is 2.18. The van der Waals surface area contributed by atoms with Crippen molar-refractivity contribution < 1.29 is 18.0 Å². The van der Waals surface area contributed by atoms with Gasteiger partial charge >= 0.3 is 0 Å². The summed E-state index contributed by atoms with van der Waals surface area (Å²) in [4.78, 5) is 30.2. The molecule has 1 saturated heterocycles. The lowest BCUT2D eigenvalue weighted by atomic mass is 10.2. The van der Waals surface area contributed by atoms with Crippen LogP contribution in [0.2, 0.25) is 0 Å². The molecule has 0 saturated carbocycles. The third kappa shape index (κ3) is 4.98. The van der Waals surface area contributed by atoms with Crippen LogP contribution in [0.25, 0.3) is 0 Å². The number of thiophene rings is 1. The van der Waals surface area contributed by atoms with Gasteiger partial charge < -0.3 is 9.80 Å². The molecule has 0 bridgehead atoms. The third-order valence-corrected chi connectivity index (χ3v) is 7.02. The number of piperazine rings is 1. The molecule has 0 atom stereocenters. The predicted molar refractivity (Wildman–Crippen MR) is 108 cm³/mol. The van der Waals surface area contributed by atoms with Crippen LogP contribution in [0, 0.1) is 6.92 Å². The Morgan fingerprint density at radius 1 is 1.00 bits per heavy atom. The van der Waals surface area contributed by atoms with Crippen LogP contribution in [0.5, 0.6) is 0 Å². The summed E-state index contributed by atoms with van der Waals surface area (Å²) in [7, 11) is -3.61. The number of carbonyl (C=O) groups is 2. The van der Waals surface area contributed by atoms with Crippen LogP contribution in [0.15, 0.2) is 47.4 Å². The van der Waals surface area contributed by atoms with Gasteiger partial charge in [-0.1, -0.05) is 18.2 Å². The van der Waals surface area contributed by atoms with Crippen molar-refractivity contribution in [3.8, 4) is 0 Å². The molecule has 1 N–H and O–H groups in total. The Balaban J connectivity index is 1.45. The first kappa shape index (κ1) is 20.5. The second kappa shape index (κ2) is 8.85. The number of carbonyl (C=O) groups excluding carboxylic acids is 2. The van der Waals surface area contributed by atoms with Crippen molar-refractivity contribution in [2.75, 3.05) is 32.7 Å². The normalized spacial score (nSPS) is 14.9. The SMILES string of the molecule is Cc1ccc(C(=O)N2CCN(C(=O)CCNS(=O)(=O)c3ccccc3)CC2)s1. The Hall–Kier alpha value is -2.23. The van der Waals surface area contributed by atoms with E-state index in [0.717, 1.165) is 4.88 Å². The van der Waals surface area contributed by atoms with Crippen molar-refractivity contribution in [3.05, 3.63) is 52.2 Å². The highest BCUT2D eigenvalue weighted by atomic mass is 32.2. The van der Waals surface area contributed by atoms with Crippen LogP contribution in [0.3, 0.4) is 0 Å². The van der Waals surface area contributed by atoms with E-state index in [1.54, 1.807) is 28.0 Å². The van der Waals surface area contributed by atoms with Gasteiger partial charge in [-0.15, -0.1) is 11.3 Å². The number of hydrogen-bond donors (Lipinski definition) is 1. The van der Waals surface area contributed by atoms with E-state index in [0.29, 0.717) is 31.1 Å². The summed E-state index contributed by atoms with van der Waals surface area (Å²) in [6.45, 7) is 3.89. The van der Waals surface area contributed by atoms with E-state index < -0.39 is 10.0 Å². The monoisotopic (exact) mass is 421 g/mol. The van der Waals surface area contributed by atoms with Gasteiger partial charge in [-0.3, -0.25) is 9.59 Å². The number of nitrogens with zero attached hydrogens (tertiary/aromatic N) is 2. The van der Waals surface area contributed by atoms with Gasteiger partial charge in [-0.05, 0) is 31.2 Å². The largest absolute Gasteiger partial charge is 0.339 e. The first-order valence-electron chi connectivity index (χ1n) is 9.05. The average molecular weight is 422 g/mol. The van der Waals surface area contributed by atoms with Crippen LogP contribution in [-0.4, -0.2) is 62.8 Å². The summed E-state index contributed by atoms with van der Waals surface area (Å²) >= 11 is 1.47. The predicted octanol–water partition coefficient (Wildman–Crippen LogP) is 1.71. The van der Waals surface area contributed by atoms with Crippen molar-refractivity contribution in [2.45, 2.75) is 18.2 Å². The molecule has 0 unspecified atom stereocenters. The van der Waals surface area contributed by atoms with Gasteiger partial charge in [-0.25, -0.2) is 13.1 Å². The number of sulfonamides is 1. The second-order valence-corrected chi connectivity index (χ2v) is 9.60. The number of aryl methyl sites for hydroxylation is 1. The maximum absolute atomic E-state index is 12.5. The average Bonchev–Trinajstić information content (AvgIpc) is 3.14. The number of benzene rings is 1. The van der Waals surface area contributed by atoms with Crippen LogP contribution in [0.4, 0.5) is 0 Å². The summed E-state index contributed by atoms with van der Waals surface area (Å²) in [5.41, 5.74) is 0. The first-order valence-corrected chi connectivity index (χ1v) is 11.3. The molecule has 0 radical (unpaired) electrons. The molecule has 1 fully saturated rings. The molecule has 1 aliphatic heterocycles. The minimum Gasteiger partial charge on any atom is -0.339 e. The number of amides is 2. The fraction of sp³-hybridized carbons (Fsp3) is 0.368. The first-order chi connectivity index (χ1) is 13.4. The van der Waals surface area contributed by atoms with E-state index >= 15 is 0 Å². The fourth-order valence-corrected chi connectivity index (χ4v) is 4.89. The molecule has 0 spiro atoms. The molecule has 1 aromatic heterocycles. The topological polar surface area (TPSA) is 86.8 Å². The van der Waals surface area contributed by atoms with Gasteiger partial charge in [0.15, 0.2) is 0 Å². The molecule has 2 amide bonds. The summed E-state index contributed by atoms with van der Waals surface area (Å²) in [6, 6.07) is 11.8. The van der Waals surface area contributed by atoms with Crippen LogP contribution in [-0.2, 0) is 14.8 Å². The van der Waals surface area contributed by atoms with Crippen molar-refractivity contribution in [1.82, 2.24) is 14.5 Å². The van der Waals surface area contributed by atoms with Gasteiger partial charge in [0.2, 0.25) is 15.9 Å². The number of hydrogen-bond acceptors (Lipinski definition) is 5. The van der Waals surface area contributed by atoms with Crippen LogP contribution in [0.1, 0.15) is 21.0 Å². The molecule has 3 rings (SSSR count). The summed E-state index contributed by atoms with van der Waals surface area (Å²) in [5.74, 6) is -0.115. The number of nitrogens with one attached hydrogen (secondary N) is 1. The zero-order valence-electron chi connectivity index (χ0n) is 15.6. The Bertz CT molecular complexity index is 933. The summed E-state index contributed by atoms with van der Waals surface area (Å²) in [6.07, 6.45) is 0.0874. The van der Waals surface area contributed by atoms with E-state index in [-0.39, 0.29) is 29.7 Å². The van der Waals surface area contributed by atoms with Crippen LogP contribution >= 0.6 is 11.3 Å². The molecule has 1 aliphatic rings. The zero-order chi connectivity index (χ0) is 20.1. The molecule has 28 heavy (non-hydrogen) atoms. The third-order valence-electron chi connectivity index (χ3n) is 4.56. The standard InChI is InChI=1S/C19H23N3O4S2/c1-15-7-8-17(27-15)19(24)22-13-11-21(12-14-22)18(23)9-10-20-28(25,26)16-5-3-2-4-6-16/h2-8,20H,9-14H2,1H3.